The molecule has 0 aliphatic rings. The van der Waals surface area contributed by atoms with Gasteiger partial charge in [-0.2, -0.15) is 8.78 Å². The number of anilines is 1. The minimum absolute atomic E-state index is 0.286. The van der Waals surface area contributed by atoms with Crippen molar-refractivity contribution in [1.82, 2.24) is 0 Å². The molecule has 1 aromatic heterocycles. The van der Waals surface area contributed by atoms with Crippen LogP contribution in [-0.4, -0.2) is 11.8 Å². The maximum Gasteiger partial charge on any atom is 0.288 e. The first-order chi connectivity index (χ1) is 9.63. The molecule has 0 fully saturated rings. The van der Waals surface area contributed by atoms with E-state index in [1.54, 1.807) is 18.4 Å². The second kappa shape index (κ2) is 7.33. The molecule has 20 heavy (non-hydrogen) atoms. The van der Waals surface area contributed by atoms with E-state index < -0.39 is 5.76 Å². The lowest BCUT2D eigenvalue weighted by atomic mass is 10.1. The smallest absolute Gasteiger partial charge is 0.288 e. The first-order valence-corrected chi connectivity index (χ1v) is 7.35. The Morgan fingerprint density at radius 1 is 1.20 bits per heavy atom. The molecule has 0 saturated carbocycles. The Bertz CT molecular complexity index is 499. The molecule has 0 aliphatic heterocycles. The van der Waals surface area contributed by atoms with Crippen LogP contribution in [0.2, 0.25) is 0 Å². The fourth-order valence-corrected chi connectivity index (χ4v) is 2.40. The highest BCUT2D eigenvalue weighted by Crippen LogP contribution is 2.26. The number of rotatable bonds is 7. The fraction of sp³-hybridized carbons (Fsp3) is 0.333. The Labute approximate surface area is 121 Å². The zero-order valence-electron chi connectivity index (χ0n) is 11.2. The second-order valence-corrected chi connectivity index (χ2v) is 5.63. The van der Waals surface area contributed by atoms with Crippen molar-refractivity contribution in [2.75, 3.05) is 5.32 Å². The fourth-order valence-electron chi connectivity index (χ4n) is 1.90. The van der Waals surface area contributed by atoms with Crippen LogP contribution in [0.5, 0.6) is 0 Å². The molecule has 1 heterocycles. The first kappa shape index (κ1) is 14.9. The molecular formula is C15H17F2NOS. The van der Waals surface area contributed by atoms with Gasteiger partial charge in [-0.1, -0.05) is 11.8 Å². The van der Waals surface area contributed by atoms with Crippen LogP contribution in [0.4, 0.5) is 14.5 Å². The number of thioether (sulfide) groups is 1. The van der Waals surface area contributed by atoms with E-state index >= 15 is 0 Å². The molecule has 0 aliphatic carbocycles. The van der Waals surface area contributed by atoms with Crippen LogP contribution in [0.3, 0.4) is 0 Å². The number of halogens is 2. The second-order valence-electron chi connectivity index (χ2n) is 4.57. The normalized spacial score (nSPS) is 12.6. The molecule has 0 saturated heterocycles. The number of nitrogens with one attached hydrogen (secondary N) is 1. The largest absolute Gasteiger partial charge is 0.469 e. The predicted molar refractivity (Wildman–Crippen MR) is 78.4 cm³/mol. The van der Waals surface area contributed by atoms with Gasteiger partial charge >= 0.3 is 0 Å². The highest BCUT2D eigenvalue weighted by Gasteiger charge is 2.07. The summed E-state index contributed by atoms with van der Waals surface area (Å²) >= 11 is 0.561. The van der Waals surface area contributed by atoms with E-state index in [1.807, 2.05) is 24.3 Å². The molecule has 0 amide bonds. The van der Waals surface area contributed by atoms with Gasteiger partial charge in [0.25, 0.3) is 5.76 Å². The summed E-state index contributed by atoms with van der Waals surface area (Å²) in [6.07, 6.45) is 3.49. The van der Waals surface area contributed by atoms with E-state index in [1.165, 1.54) is 0 Å². The van der Waals surface area contributed by atoms with Gasteiger partial charge in [0.15, 0.2) is 0 Å². The monoisotopic (exact) mass is 297 g/mol. The third-order valence-electron chi connectivity index (χ3n) is 2.90. The van der Waals surface area contributed by atoms with Crippen molar-refractivity contribution in [1.29, 1.82) is 0 Å². The highest BCUT2D eigenvalue weighted by atomic mass is 32.2. The molecule has 5 heteroatoms. The van der Waals surface area contributed by atoms with Crippen molar-refractivity contribution < 1.29 is 13.2 Å². The van der Waals surface area contributed by atoms with Crippen molar-refractivity contribution >= 4 is 17.4 Å². The summed E-state index contributed by atoms with van der Waals surface area (Å²) in [5.41, 5.74) is 0.940. The third kappa shape index (κ3) is 4.89. The molecule has 2 rings (SSSR count). The number of benzene rings is 1. The van der Waals surface area contributed by atoms with Gasteiger partial charge in [0.2, 0.25) is 0 Å². The average molecular weight is 297 g/mol. The van der Waals surface area contributed by atoms with Gasteiger partial charge in [0, 0.05) is 23.0 Å². The van der Waals surface area contributed by atoms with E-state index in [0.717, 1.165) is 24.3 Å². The van der Waals surface area contributed by atoms with Gasteiger partial charge in [0.05, 0.1) is 6.26 Å². The molecule has 1 aromatic carbocycles. The van der Waals surface area contributed by atoms with Crippen LogP contribution in [0.1, 0.15) is 19.1 Å². The SMILES string of the molecule is CC(CCc1ccco1)Nc1ccc(SC(F)F)cc1. The molecule has 1 atom stereocenters. The Kier molecular flexibility index (Phi) is 5.47. The van der Waals surface area contributed by atoms with Crippen LogP contribution in [-0.2, 0) is 6.42 Å². The molecule has 2 aromatic rings. The Morgan fingerprint density at radius 3 is 2.55 bits per heavy atom. The highest BCUT2D eigenvalue weighted by molar-refractivity contribution is 7.99. The van der Waals surface area contributed by atoms with Crippen molar-refractivity contribution in [3.8, 4) is 0 Å². The summed E-state index contributed by atoms with van der Waals surface area (Å²) < 4.78 is 29.7. The van der Waals surface area contributed by atoms with Crippen LogP contribution < -0.4 is 5.32 Å². The standard InChI is InChI=1S/C15H17F2NOS/c1-11(4-7-13-3-2-10-19-13)18-12-5-8-14(9-6-12)20-15(16)17/h2-3,5-6,8-11,15,18H,4,7H2,1H3. The summed E-state index contributed by atoms with van der Waals surface area (Å²) in [5.74, 6) is -1.40. The van der Waals surface area contributed by atoms with Gasteiger partial charge < -0.3 is 9.73 Å². The molecule has 1 unspecified atom stereocenters. The van der Waals surface area contributed by atoms with E-state index in [-0.39, 0.29) is 6.04 Å². The van der Waals surface area contributed by atoms with E-state index in [4.69, 9.17) is 4.42 Å². The van der Waals surface area contributed by atoms with Crippen molar-refractivity contribution in [3.63, 3.8) is 0 Å². The lowest BCUT2D eigenvalue weighted by Crippen LogP contribution is -2.15. The molecule has 0 bridgehead atoms. The molecule has 0 radical (unpaired) electrons. The van der Waals surface area contributed by atoms with E-state index in [9.17, 15) is 8.78 Å². The molecule has 0 spiro atoms. The number of furan rings is 1. The lowest BCUT2D eigenvalue weighted by molar-refractivity contribution is 0.252. The summed E-state index contributed by atoms with van der Waals surface area (Å²) in [5, 5.41) is 3.35. The van der Waals surface area contributed by atoms with Gasteiger partial charge in [0.1, 0.15) is 5.76 Å². The quantitative estimate of drug-likeness (QED) is 0.726. The minimum atomic E-state index is -2.37. The van der Waals surface area contributed by atoms with Gasteiger partial charge in [-0.25, -0.2) is 0 Å². The summed E-state index contributed by atoms with van der Waals surface area (Å²) in [7, 11) is 0. The summed E-state index contributed by atoms with van der Waals surface area (Å²) in [4.78, 5) is 0.578. The molecule has 108 valence electrons. The van der Waals surface area contributed by atoms with Crippen LogP contribution in [0.15, 0.2) is 52.0 Å². The molecule has 2 nitrogen and oxygen atoms in total. The van der Waals surface area contributed by atoms with Crippen LogP contribution >= 0.6 is 11.8 Å². The van der Waals surface area contributed by atoms with Crippen LogP contribution in [0, 0.1) is 0 Å². The van der Waals surface area contributed by atoms with E-state index in [0.29, 0.717) is 16.7 Å². The third-order valence-corrected chi connectivity index (χ3v) is 3.62. The minimum Gasteiger partial charge on any atom is -0.469 e. The zero-order chi connectivity index (χ0) is 14.4. The van der Waals surface area contributed by atoms with E-state index in [2.05, 4.69) is 12.2 Å². The maximum absolute atomic E-state index is 12.2. The maximum atomic E-state index is 12.2. The lowest BCUT2D eigenvalue weighted by Gasteiger charge is -2.15. The first-order valence-electron chi connectivity index (χ1n) is 6.47. The summed E-state index contributed by atoms with van der Waals surface area (Å²) in [6, 6.07) is 11.2. The van der Waals surface area contributed by atoms with Gasteiger partial charge in [-0.3, -0.25) is 0 Å². The molecule has 1 N–H and O–H groups in total. The van der Waals surface area contributed by atoms with Crippen molar-refractivity contribution in [3.05, 3.63) is 48.4 Å². The predicted octanol–water partition coefficient (Wildman–Crippen LogP) is 5.03. The van der Waals surface area contributed by atoms with Gasteiger partial charge in [-0.15, -0.1) is 0 Å². The van der Waals surface area contributed by atoms with Crippen molar-refractivity contribution in [2.24, 2.45) is 0 Å². The molecular weight excluding hydrogens is 280 g/mol. The Balaban J connectivity index is 1.80. The number of hydrogen-bond acceptors (Lipinski definition) is 3. The van der Waals surface area contributed by atoms with Crippen molar-refractivity contribution in [2.45, 2.75) is 36.5 Å². The zero-order valence-corrected chi connectivity index (χ0v) is 12.0. The van der Waals surface area contributed by atoms with Crippen LogP contribution in [0.25, 0.3) is 0 Å². The topological polar surface area (TPSA) is 25.2 Å². The Hall–Kier alpha value is -1.49. The number of aryl methyl sites for hydroxylation is 1. The Morgan fingerprint density at radius 2 is 1.95 bits per heavy atom. The number of alkyl halides is 2. The summed E-state index contributed by atoms with van der Waals surface area (Å²) in [6.45, 7) is 2.09. The number of hydrogen-bond donors (Lipinski definition) is 1. The average Bonchev–Trinajstić information content (AvgIpc) is 2.91. The van der Waals surface area contributed by atoms with Gasteiger partial charge in [-0.05, 0) is 49.7 Å².